The predicted octanol–water partition coefficient (Wildman–Crippen LogP) is 3.87. The Hall–Kier alpha value is -0.0600. The van der Waals surface area contributed by atoms with Crippen LogP contribution in [-0.2, 0) is 5.75 Å². The minimum atomic E-state index is -0.0910. The van der Waals surface area contributed by atoms with Crippen molar-refractivity contribution < 1.29 is 4.39 Å². The van der Waals surface area contributed by atoms with Crippen molar-refractivity contribution in [2.45, 2.75) is 30.4 Å². The number of hydrogen-bond donors (Lipinski definition) is 1. The zero-order chi connectivity index (χ0) is 11.7. The maximum Gasteiger partial charge on any atom is 0.128 e. The van der Waals surface area contributed by atoms with Gasteiger partial charge in [0, 0.05) is 27.1 Å². The van der Waals surface area contributed by atoms with Crippen LogP contribution in [0.1, 0.15) is 30.5 Å². The fourth-order valence-corrected chi connectivity index (χ4v) is 4.08. The third-order valence-electron chi connectivity index (χ3n) is 3.06. The Bertz CT molecular complexity index is 397. The van der Waals surface area contributed by atoms with Gasteiger partial charge in [0.05, 0.1) is 0 Å². The summed E-state index contributed by atoms with van der Waals surface area (Å²) < 4.78 is 14.6. The molecule has 0 amide bonds. The highest BCUT2D eigenvalue weighted by Gasteiger charge is 2.29. The first-order valence-corrected chi connectivity index (χ1v) is 7.28. The molecular formula is C12H15BrFNS. The lowest BCUT2D eigenvalue weighted by atomic mass is 9.96. The van der Waals surface area contributed by atoms with Gasteiger partial charge in [-0.25, -0.2) is 4.39 Å². The van der Waals surface area contributed by atoms with E-state index in [1.807, 2.05) is 24.9 Å². The molecule has 88 valence electrons. The van der Waals surface area contributed by atoms with Crippen molar-refractivity contribution in [2.75, 3.05) is 7.05 Å². The molecule has 0 fully saturated rings. The lowest BCUT2D eigenvalue weighted by molar-refractivity contribution is 0.532. The molecule has 0 spiro atoms. The standard InChI is InChI=1S/C12H15BrFNS/c1-3-11-12(15-2)8-4-7(13)5-10(14)9(8)6-16-11/h4-5,11-12,15H,3,6H2,1-2H3. The molecule has 0 bridgehead atoms. The summed E-state index contributed by atoms with van der Waals surface area (Å²) in [5.41, 5.74) is 1.97. The Labute approximate surface area is 108 Å². The van der Waals surface area contributed by atoms with Crippen molar-refractivity contribution in [3.63, 3.8) is 0 Å². The van der Waals surface area contributed by atoms with Gasteiger partial charge in [0.25, 0.3) is 0 Å². The van der Waals surface area contributed by atoms with Crippen molar-refractivity contribution in [2.24, 2.45) is 0 Å². The number of halogens is 2. The first kappa shape index (κ1) is 12.4. The Balaban J connectivity index is 2.47. The van der Waals surface area contributed by atoms with Crippen molar-refractivity contribution in [1.29, 1.82) is 0 Å². The van der Waals surface area contributed by atoms with E-state index in [1.165, 1.54) is 0 Å². The summed E-state index contributed by atoms with van der Waals surface area (Å²) in [6.07, 6.45) is 1.10. The van der Waals surface area contributed by atoms with Crippen LogP contribution in [0.25, 0.3) is 0 Å². The Morgan fingerprint density at radius 2 is 2.31 bits per heavy atom. The van der Waals surface area contributed by atoms with Crippen LogP contribution in [-0.4, -0.2) is 12.3 Å². The first-order chi connectivity index (χ1) is 7.67. The summed E-state index contributed by atoms with van der Waals surface area (Å²) in [6, 6.07) is 3.85. The molecule has 1 aromatic rings. The Kier molecular flexibility index (Phi) is 3.93. The van der Waals surface area contributed by atoms with E-state index in [0.717, 1.165) is 27.8 Å². The summed E-state index contributed by atoms with van der Waals surface area (Å²) in [5.74, 6) is 0.692. The van der Waals surface area contributed by atoms with Crippen LogP contribution in [0, 0.1) is 5.82 Å². The summed E-state index contributed by atoms with van der Waals surface area (Å²) in [7, 11) is 1.95. The van der Waals surface area contributed by atoms with E-state index in [0.29, 0.717) is 5.25 Å². The van der Waals surface area contributed by atoms with Gasteiger partial charge in [0.1, 0.15) is 5.82 Å². The van der Waals surface area contributed by atoms with Crippen molar-refractivity contribution in [3.8, 4) is 0 Å². The van der Waals surface area contributed by atoms with Crippen molar-refractivity contribution >= 4 is 27.7 Å². The first-order valence-electron chi connectivity index (χ1n) is 5.44. The molecule has 2 atom stereocenters. The number of nitrogens with one attached hydrogen (secondary N) is 1. The second-order valence-electron chi connectivity index (χ2n) is 3.98. The molecule has 1 nitrogen and oxygen atoms in total. The fraction of sp³-hybridized carbons (Fsp3) is 0.500. The van der Waals surface area contributed by atoms with E-state index < -0.39 is 0 Å². The molecule has 4 heteroatoms. The monoisotopic (exact) mass is 303 g/mol. The maximum atomic E-state index is 13.8. The van der Waals surface area contributed by atoms with Crippen LogP contribution in [0.2, 0.25) is 0 Å². The van der Waals surface area contributed by atoms with Crippen LogP contribution in [0.3, 0.4) is 0 Å². The van der Waals surface area contributed by atoms with E-state index >= 15 is 0 Å². The van der Waals surface area contributed by atoms with Crippen LogP contribution in [0.15, 0.2) is 16.6 Å². The number of thioether (sulfide) groups is 1. The normalized spacial score (nSPS) is 24.2. The van der Waals surface area contributed by atoms with E-state index in [4.69, 9.17) is 0 Å². The number of fused-ring (bicyclic) bond motifs is 1. The van der Waals surface area contributed by atoms with Gasteiger partial charge in [-0.15, -0.1) is 0 Å². The molecule has 1 heterocycles. The van der Waals surface area contributed by atoms with Gasteiger partial charge in [0.15, 0.2) is 0 Å². The average Bonchev–Trinajstić information content (AvgIpc) is 2.27. The maximum absolute atomic E-state index is 13.8. The van der Waals surface area contributed by atoms with Gasteiger partial charge in [-0.2, -0.15) is 11.8 Å². The van der Waals surface area contributed by atoms with Gasteiger partial charge in [-0.1, -0.05) is 22.9 Å². The number of benzene rings is 1. The smallest absolute Gasteiger partial charge is 0.128 e. The van der Waals surface area contributed by atoms with Crippen LogP contribution in [0.4, 0.5) is 4.39 Å². The van der Waals surface area contributed by atoms with Gasteiger partial charge < -0.3 is 5.32 Å². The van der Waals surface area contributed by atoms with Gasteiger partial charge in [-0.05, 0) is 31.2 Å². The highest BCUT2D eigenvalue weighted by atomic mass is 79.9. The largest absolute Gasteiger partial charge is 0.312 e. The molecule has 2 rings (SSSR count). The van der Waals surface area contributed by atoms with Crippen LogP contribution < -0.4 is 5.32 Å². The van der Waals surface area contributed by atoms with Gasteiger partial charge >= 0.3 is 0 Å². The molecule has 1 N–H and O–H groups in total. The quantitative estimate of drug-likeness (QED) is 0.890. The second kappa shape index (κ2) is 5.07. The third kappa shape index (κ3) is 2.15. The Morgan fingerprint density at radius 1 is 1.56 bits per heavy atom. The highest BCUT2D eigenvalue weighted by Crippen LogP contribution is 2.41. The van der Waals surface area contributed by atoms with E-state index in [1.54, 1.807) is 6.07 Å². The molecule has 0 aromatic heterocycles. The van der Waals surface area contributed by atoms with E-state index in [2.05, 4.69) is 28.2 Å². The zero-order valence-corrected chi connectivity index (χ0v) is 11.8. The molecule has 0 aliphatic carbocycles. The van der Waals surface area contributed by atoms with E-state index in [-0.39, 0.29) is 11.9 Å². The fourth-order valence-electron chi connectivity index (χ4n) is 2.23. The zero-order valence-electron chi connectivity index (χ0n) is 9.39. The van der Waals surface area contributed by atoms with Crippen molar-refractivity contribution in [3.05, 3.63) is 33.5 Å². The van der Waals surface area contributed by atoms with E-state index in [9.17, 15) is 4.39 Å². The highest BCUT2D eigenvalue weighted by molar-refractivity contribution is 9.10. The average molecular weight is 304 g/mol. The molecule has 1 aliphatic heterocycles. The molecular weight excluding hydrogens is 289 g/mol. The molecule has 16 heavy (non-hydrogen) atoms. The number of hydrogen-bond acceptors (Lipinski definition) is 2. The molecule has 2 unspecified atom stereocenters. The second-order valence-corrected chi connectivity index (χ2v) is 6.12. The predicted molar refractivity (Wildman–Crippen MR) is 71.3 cm³/mol. The lowest BCUT2D eigenvalue weighted by Crippen LogP contribution is -2.31. The van der Waals surface area contributed by atoms with Gasteiger partial charge in [0.2, 0.25) is 0 Å². The molecule has 1 aliphatic rings. The van der Waals surface area contributed by atoms with Crippen LogP contribution >= 0.6 is 27.7 Å². The van der Waals surface area contributed by atoms with Crippen molar-refractivity contribution in [1.82, 2.24) is 5.32 Å². The summed E-state index contributed by atoms with van der Waals surface area (Å²) in [6.45, 7) is 2.18. The summed E-state index contributed by atoms with van der Waals surface area (Å²) >= 11 is 5.21. The molecule has 0 saturated heterocycles. The topological polar surface area (TPSA) is 12.0 Å². The SMILES string of the molecule is CCC1SCc2c(F)cc(Br)cc2C1NC. The minimum absolute atomic E-state index is 0.0910. The number of rotatable bonds is 2. The minimum Gasteiger partial charge on any atom is -0.312 e. The van der Waals surface area contributed by atoms with Crippen LogP contribution in [0.5, 0.6) is 0 Å². The molecule has 0 saturated carbocycles. The van der Waals surface area contributed by atoms with Gasteiger partial charge in [-0.3, -0.25) is 0 Å². The molecule has 1 aromatic carbocycles. The summed E-state index contributed by atoms with van der Waals surface area (Å²) in [5, 5.41) is 3.84. The summed E-state index contributed by atoms with van der Waals surface area (Å²) in [4.78, 5) is 0. The lowest BCUT2D eigenvalue weighted by Gasteiger charge is -2.32. The Morgan fingerprint density at radius 3 is 2.94 bits per heavy atom. The third-order valence-corrected chi connectivity index (χ3v) is 5.00. The molecule has 0 radical (unpaired) electrons.